The molecule has 358 valence electrons. The Hall–Kier alpha value is -8.92. The van der Waals surface area contributed by atoms with E-state index >= 15 is 0 Å². The summed E-state index contributed by atoms with van der Waals surface area (Å²) in [5, 5.41) is 20.9. The molecule has 2 aromatic heterocycles. The van der Waals surface area contributed by atoms with Crippen molar-refractivity contribution in [1.82, 2.24) is 0 Å². The highest BCUT2D eigenvalue weighted by atomic mass is 32.1. The van der Waals surface area contributed by atoms with Gasteiger partial charge in [0.1, 0.15) is 0 Å². The van der Waals surface area contributed by atoms with Crippen LogP contribution < -0.4 is 0 Å². The molecule has 1 aliphatic carbocycles. The van der Waals surface area contributed by atoms with Crippen molar-refractivity contribution in [1.29, 1.82) is 0 Å². The summed E-state index contributed by atoms with van der Waals surface area (Å²) >= 11 is 3.79. The Morgan fingerprint density at radius 3 is 0.987 bits per heavy atom. The van der Waals surface area contributed by atoms with Crippen LogP contribution in [0.5, 0.6) is 0 Å². The zero-order chi connectivity index (χ0) is 50.7. The van der Waals surface area contributed by atoms with Crippen molar-refractivity contribution < 1.29 is 0 Å². The third kappa shape index (κ3) is 6.26. The average molecular weight is 1010 g/mol. The third-order valence-corrected chi connectivity index (χ3v) is 19.8. The second-order valence-corrected chi connectivity index (χ2v) is 24.0. The highest BCUT2D eigenvalue weighted by molar-refractivity contribution is 7.26. The summed E-state index contributed by atoms with van der Waals surface area (Å²) in [7, 11) is 0. The predicted octanol–water partition coefficient (Wildman–Crippen LogP) is 22.3. The van der Waals surface area contributed by atoms with Gasteiger partial charge in [-0.3, -0.25) is 0 Å². The molecule has 0 unspecified atom stereocenters. The molecule has 0 fully saturated rings. The van der Waals surface area contributed by atoms with Crippen LogP contribution in [-0.4, -0.2) is 0 Å². The van der Waals surface area contributed by atoms with E-state index in [-0.39, 0.29) is 5.41 Å². The van der Waals surface area contributed by atoms with Gasteiger partial charge >= 0.3 is 0 Å². The number of benzene rings is 14. The van der Waals surface area contributed by atoms with Crippen molar-refractivity contribution in [3.63, 3.8) is 0 Å². The highest BCUT2D eigenvalue weighted by Crippen LogP contribution is 2.54. The van der Waals surface area contributed by atoms with Crippen LogP contribution in [0.15, 0.2) is 243 Å². The number of hydrogen-bond acceptors (Lipinski definition) is 2. The molecule has 0 aliphatic heterocycles. The van der Waals surface area contributed by atoms with E-state index in [0.717, 1.165) is 0 Å². The summed E-state index contributed by atoms with van der Waals surface area (Å²) < 4.78 is 5.36. The van der Waals surface area contributed by atoms with Gasteiger partial charge in [0.15, 0.2) is 0 Å². The Labute approximate surface area is 453 Å². The van der Waals surface area contributed by atoms with Gasteiger partial charge in [0.25, 0.3) is 0 Å². The van der Waals surface area contributed by atoms with Crippen LogP contribution in [0.1, 0.15) is 25.0 Å². The first-order valence-corrected chi connectivity index (χ1v) is 28.4. The standard InChI is InChI=1S/C75H46S2/c1-75(2)69-41-65-55-33-31-45(43-15-11-17-47(35-43)49-25-13-27-59-57-23-7-9-29-71(57)76-73(49)59)37-61(55)51-19-3-5-21-53(51)63(65)39-67(69)68-40-64-54-22-6-4-20-52(54)62-38-46(32-34-56(62)66(64)42-70(68)75)44-16-12-18-48(36-44)50-26-14-28-60-58-24-8-10-30-72(58)77-74(50)60/h3-42H,1-2H3. The fraction of sp³-hybridized carbons (Fsp3) is 0.0400. The van der Waals surface area contributed by atoms with Gasteiger partial charge in [0.05, 0.1) is 0 Å². The molecular formula is C75H46S2. The van der Waals surface area contributed by atoms with Crippen LogP contribution >= 0.6 is 22.7 Å². The minimum absolute atomic E-state index is 0.224. The van der Waals surface area contributed by atoms with Gasteiger partial charge in [0, 0.05) is 45.8 Å². The summed E-state index contributed by atoms with van der Waals surface area (Å²) in [5.74, 6) is 0. The zero-order valence-corrected chi connectivity index (χ0v) is 44.0. The molecule has 0 amide bonds. The lowest BCUT2D eigenvalue weighted by molar-refractivity contribution is 0.662. The predicted molar refractivity (Wildman–Crippen MR) is 337 cm³/mol. The first-order chi connectivity index (χ1) is 37.9. The van der Waals surface area contributed by atoms with E-state index in [1.807, 2.05) is 22.7 Å². The second-order valence-electron chi connectivity index (χ2n) is 21.8. The number of fused-ring (bicyclic) bond motifs is 21. The first-order valence-electron chi connectivity index (χ1n) is 26.8. The molecule has 16 aromatic rings. The van der Waals surface area contributed by atoms with E-state index in [0.29, 0.717) is 0 Å². The number of rotatable bonds is 4. The Bertz CT molecular complexity index is 4930. The van der Waals surface area contributed by atoms with Gasteiger partial charge in [-0.05, 0) is 192 Å². The maximum absolute atomic E-state index is 2.55. The molecule has 0 radical (unpaired) electrons. The molecule has 2 heterocycles. The van der Waals surface area contributed by atoms with Crippen LogP contribution in [0.4, 0.5) is 0 Å². The topological polar surface area (TPSA) is 0 Å². The molecule has 14 aromatic carbocycles. The van der Waals surface area contributed by atoms with Crippen molar-refractivity contribution in [2.75, 3.05) is 0 Å². The second kappa shape index (κ2) is 16.1. The van der Waals surface area contributed by atoms with Crippen molar-refractivity contribution in [3.8, 4) is 55.6 Å². The molecule has 0 atom stereocenters. The van der Waals surface area contributed by atoms with Crippen LogP contribution in [0.2, 0.25) is 0 Å². The Kier molecular flexibility index (Phi) is 9.03. The number of hydrogen-bond donors (Lipinski definition) is 0. The van der Waals surface area contributed by atoms with Crippen molar-refractivity contribution >= 4 is 128 Å². The monoisotopic (exact) mass is 1010 g/mol. The van der Waals surface area contributed by atoms with E-state index in [1.165, 1.54) is 172 Å². The minimum atomic E-state index is -0.224. The molecular weight excluding hydrogens is 965 g/mol. The summed E-state index contributed by atoms with van der Waals surface area (Å²) in [6.07, 6.45) is 0. The van der Waals surface area contributed by atoms with Crippen molar-refractivity contribution in [2.45, 2.75) is 19.3 Å². The maximum Gasteiger partial charge on any atom is 0.0433 e. The summed E-state index contributed by atoms with van der Waals surface area (Å²) in [6.45, 7) is 4.88. The third-order valence-electron chi connectivity index (χ3n) is 17.4. The van der Waals surface area contributed by atoms with E-state index in [4.69, 9.17) is 0 Å². The van der Waals surface area contributed by atoms with Crippen LogP contribution in [0, 0.1) is 0 Å². The minimum Gasteiger partial charge on any atom is -0.135 e. The van der Waals surface area contributed by atoms with Crippen LogP contribution in [-0.2, 0) is 5.41 Å². The lowest BCUT2D eigenvalue weighted by atomic mass is 9.80. The highest BCUT2D eigenvalue weighted by Gasteiger charge is 2.37. The SMILES string of the molecule is CC1(C)c2cc3c4ccc(-c5cccc(-c6cccc7c6sc6ccccc67)c5)cc4c4ccccc4c3cc2-c2cc3c4ccccc4c4cc(-c5cccc(-c6cccc7c6sc6ccccc67)c5)ccc4c3cc21. The van der Waals surface area contributed by atoms with Gasteiger partial charge in [0.2, 0.25) is 0 Å². The van der Waals surface area contributed by atoms with Crippen LogP contribution in [0.25, 0.3) is 161 Å². The Morgan fingerprint density at radius 2 is 0.545 bits per heavy atom. The van der Waals surface area contributed by atoms with E-state index in [9.17, 15) is 0 Å². The molecule has 0 bridgehead atoms. The normalized spacial score (nSPS) is 13.2. The molecule has 0 N–H and O–H groups in total. The summed E-state index contributed by atoms with van der Waals surface area (Å²) in [4.78, 5) is 0. The van der Waals surface area contributed by atoms with Gasteiger partial charge < -0.3 is 0 Å². The van der Waals surface area contributed by atoms with Gasteiger partial charge in [-0.25, -0.2) is 0 Å². The largest absolute Gasteiger partial charge is 0.135 e. The fourth-order valence-electron chi connectivity index (χ4n) is 13.7. The Balaban J connectivity index is 0.796. The maximum atomic E-state index is 2.55. The number of thiophene rings is 2. The molecule has 0 saturated carbocycles. The quantitative estimate of drug-likeness (QED) is 0.154. The van der Waals surface area contributed by atoms with Crippen molar-refractivity contribution in [3.05, 3.63) is 254 Å². The Morgan fingerprint density at radius 1 is 0.221 bits per heavy atom. The zero-order valence-electron chi connectivity index (χ0n) is 42.4. The molecule has 1 aliphatic rings. The van der Waals surface area contributed by atoms with Gasteiger partial charge in [-0.15, -0.1) is 22.7 Å². The average Bonchev–Trinajstić information content (AvgIpc) is 4.22. The van der Waals surface area contributed by atoms with E-state index < -0.39 is 0 Å². The molecule has 0 saturated heterocycles. The van der Waals surface area contributed by atoms with Gasteiger partial charge in [-0.1, -0.05) is 196 Å². The molecule has 77 heavy (non-hydrogen) atoms. The lowest BCUT2D eigenvalue weighted by Crippen LogP contribution is -2.15. The van der Waals surface area contributed by atoms with Crippen molar-refractivity contribution in [2.24, 2.45) is 0 Å². The molecule has 0 nitrogen and oxygen atoms in total. The van der Waals surface area contributed by atoms with E-state index in [1.54, 1.807) is 0 Å². The lowest BCUT2D eigenvalue weighted by Gasteiger charge is -2.23. The summed E-state index contributed by atoms with van der Waals surface area (Å²) in [5.41, 5.74) is 15.2. The van der Waals surface area contributed by atoms with Gasteiger partial charge in [-0.2, -0.15) is 0 Å². The van der Waals surface area contributed by atoms with Crippen LogP contribution in [0.3, 0.4) is 0 Å². The smallest absolute Gasteiger partial charge is 0.0433 e. The molecule has 17 rings (SSSR count). The fourth-order valence-corrected chi connectivity index (χ4v) is 16.1. The first kappa shape index (κ1) is 43.3. The van der Waals surface area contributed by atoms with E-state index in [2.05, 4.69) is 257 Å². The molecule has 2 heteroatoms. The molecule has 0 spiro atoms. The summed E-state index contributed by atoms with van der Waals surface area (Å²) in [6, 6.07) is 92.1.